The third kappa shape index (κ3) is 3.15. The van der Waals surface area contributed by atoms with Gasteiger partial charge in [0, 0.05) is 12.6 Å². The lowest BCUT2D eigenvalue weighted by atomic mass is 10.2. The van der Waals surface area contributed by atoms with Gasteiger partial charge >= 0.3 is 0 Å². The second-order valence-corrected chi connectivity index (χ2v) is 2.69. The highest BCUT2D eigenvalue weighted by Gasteiger charge is 2.12. The Morgan fingerprint density at radius 1 is 1.40 bits per heavy atom. The average molecular weight is 147 g/mol. The predicted octanol–water partition coefficient (Wildman–Crippen LogP) is -0.320. The highest BCUT2D eigenvalue weighted by atomic mass is 16.3. The smallest absolute Gasteiger partial charge is 0.0664 e. The van der Waals surface area contributed by atoms with Gasteiger partial charge in [0.05, 0.1) is 12.7 Å². The Balaban J connectivity index is 3.58. The Morgan fingerprint density at radius 2 is 1.90 bits per heavy atom. The quantitative estimate of drug-likeness (QED) is 0.573. The van der Waals surface area contributed by atoms with E-state index < -0.39 is 0 Å². The predicted molar refractivity (Wildman–Crippen MR) is 40.9 cm³/mol. The van der Waals surface area contributed by atoms with Crippen LogP contribution in [0.1, 0.15) is 13.8 Å². The van der Waals surface area contributed by atoms with E-state index in [1.807, 2.05) is 18.9 Å². The monoisotopic (exact) mass is 147 g/mol. The molecule has 0 radical (unpaired) electrons. The third-order valence-electron chi connectivity index (χ3n) is 1.85. The van der Waals surface area contributed by atoms with E-state index in [9.17, 15) is 0 Å². The topological polar surface area (TPSA) is 43.7 Å². The summed E-state index contributed by atoms with van der Waals surface area (Å²) < 4.78 is 0. The summed E-state index contributed by atoms with van der Waals surface area (Å²) in [7, 11) is 1.88. The Hall–Kier alpha value is -0.120. The van der Waals surface area contributed by atoms with E-state index in [0.717, 1.165) is 0 Å². The van der Waals surface area contributed by atoms with Crippen LogP contribution in [0.4, 0.5) is 0 Å². The molecule has 2 N–H and O–H groups in total. The molecule has 0 amide bonds. The second-order valence-electron chi connectivity index (χ2n) is 2.69. The van der Waals surface area contributed by atoms with Crippen LogP contribution in [0.5, 0.6) is 0 Å². The van der Waals surface area contributed by atoms with E-state index >= 15 is 0 Å². The third-order valence-corrected chi connectivity index (χ3v) is 1.85. The minimum Gasteiger partial charge on any atom is -0.395 e. The highest BCUT2D eigenvalue weighted by molar-refractivity contribution is 4.67. The van der Waals surface area contributed by atoms with Crippen LogP contribution in [0.3, 0.4) is 0 Å². The first kappa shape index (κ1) is 9.88. The summed E-state index contributed by atoms with van der Waals surface area (Å²) >= 11 is 0. The number of aliphatic hydroxyl groups is 2. The number of likely N-dealkylation sites (N-methyl/N-ethyl adjacent to an activating group) is 1. The molecule has 0 heterocycles. The van der Waals surface area contributed by atoms with E-state index in [4.69, 9.17) is 10.2 Å². The summed E-state index contributed by atoms with van der Waals surface area (Å²) in [4.78, 5) is 1.92. The molecule has 0 aliphatic heterocycles. The summed E-state index contributed by atoms with van der Waals surface area (Å²) in [5, 5.41) is 17.6. The molecular weight excluding hydrogens is 130 g/mol. The molecule has 0 fully saturated rings. The van der Waals surface area contributed by atoms with Crippen LogP contribution in [-0.2, 0) is 0 Å². The largest absolute Gasteiger partial charge is 0.395 e. The van der Waals surface area contributed by atoms with Crippen molar-refractivity contribution in [2.45, 2.75) is 26.0 Å². The van der Waals surface area contributed by atoms with Crippen LogP contribution in [0, 0.1) is 0 Å². The van der Waals surface area contributed by atoms with Crippen LogP contribution in [0.25, 0.3) is 0 Å². The van der Waals surface area contributed by atoms with Gasteiger partial charge in [-0.25, -0.2) is 0 Å². The van der Waals surface area contributed by atoms with Gasteiger partial charge in [0.15, 0.2) is 0 Å². The minimum atomic E-state index is -0.337. The number of nitrogens with zero attached hydrogens (tertiary/aromatic N) is 1. The molecule has 0 aliphatic rings. The van der Waals surface area contributed by atoms with Gasteiger partial charge in [0.2, 0.25) is 0 Å². The van der Waals surface area contributed by atoms with Gasteiger partial charge in [-0.3, -0.25) is 4.90 Å². The number of rotatable bonds is 4. The Kier molecular flexibility index (Phi) is 4.60. The van der Waals surface area contributed by atoms with Gasteiger partial charge in [-0.15, -0.1) is 0 Å². The van der Waals surface area contributed by atoms with Gasteiger partial charge < -0.3 is 10.2 Å². The van der Waals surface area contributed by atoms with Crippen molar-refractivity contribution in [2.24, 2.45) is 0 Å². The van der Waals surface area contributed by atoms with Gasteiger partial charge in [-0.1, -0.05) is 0 Å². The molecule has 0 saturated carbocycles. The maximum atomic E-state index is 9.09. The van der Waals surface area contributed by atoms with E-state index in [1.54, 1.807) is 6.92 Å². The lowest BCUT2D eigenvalue weighted by Crippen LogP contribution is -2.38. The van der Waals surface area contributed by atoms with E-state index in [2.05, 4.69) is 0 Å². The van der Waals surface area contributed by atoms with Gasteiger partial charge in [-0.05, 0) is 20.9 Å². The zero-order valence-electron chi connectivity index (χ0n) is 6.91. The van der Waals surface area contributed by atoms with Crippen LogP contribution in [0.2, 0.25) is 0 Å². The Morgan fingerprint density at radius 3 is 2.20 bits per heavy atom. The van der Waals surface area contributed by atoms with Crippen LogP contribution in [0.15, 0.2) is 0 Å². The molecule has 0 aliphatic carbocycles. The molecule has 0 aromatic rings. The second kappa shape index (κ2) is 4.66. The summed E-state index contributed by atoms with van der Waals surface area (Å²) in [5.41, 5.74) is 0. The van der Waals surface area contributed by atoms with Crippen molar-refractivity contribution in [3.8, 4) is 0 Å². The fraction of sp³-hybridized carbons (Fsp3) is 1.00. The maximum absolute atomic E-state index is 9.09. The standard InChI is InChI=1S/C7H17NO2/c1-6(7(2)10)8(3)4-5-9/h6-7,9-10H,4-5H2,1-3H3. The van der Waals surface area contributed by atoms with Crippen molar-refractivity contribution in [3.05, 3.63) is 0 Å². The van der Waals surface area contributed by atoms with Gasteiger partial charge in [0.1, 0.15) is 0 Å². The summed E-state index contributed by atoms with van der Waals surface area (Å²) in [6.07, 6.45) is -0.337. The first-order valence-corrected chi connectivity index (χ1v) is 3.58. The molecule has 0 rings (SSSR count). The molecule has 0 aromatic heterocycles. The van der Waals surface area contributed by atoms with Gasteiger partial charge in [0.25, 0.3) is 0 Å². The summed E-state index contributed by atoms with van der Waals surface area (Å²) in [6, 6.07) is 0.118. The SMILES string of the molecule is CC(O)C(C)N(C)CCO. The molecule has 0 saturated heterocycles. The zero-order chi connectivity index (χ0) is 8.15. The highest BCUT2D eigenvalue weighted by Crippen LogP contribution is 1.99. The van der Waals surface area contributed by atoms with Crippen molar-refractivity contribution in [3.63, 3.8) is 0 Å². The molecule has 62 valence electrons. The van der Waals surface area contributed by atoms with Crippen molar-refractivity contribution in [2.75, 3.05) is 20.2 Å². The fourth-order valence-electron chi connectivity index (χ4n) is 0.730. The maximum Gasteiger partial charge on any atom is 0.0664 e. The molecule has 0 spiro atoms. The fourth-order valence-corrected chi connectivity index (χ4v) is 0.730. The summed E-state index contributed by atoms with van der Waals surface area (Å²) in [5.74, 6) is 0. The summed E-state index contributed by atoms with van der Waals surface area (Å²) in [6.45, 7) is 4.44. The molecule has 0 bridgehead atoms. The molecule has 0 aromatic carbocycles. The molecule has 10 heavy (non-hydrogen) atoms. The first-order chi connectivity index (χ1) is 4.59. The first-order valence-electron chi connectivity index (χ1n) is 3.58. The number of aliphatic hydroxyl groups excluding tert-OH is 2. The number of hydrogen-bond donors (Lipinski definition) is 2. The van der Waals surface area contributed by atoms with E-state index in [1.165, 1.54) is 0 Å². The van der Waals surface area contributed by atoms with Crippen molar-refractivity contribution >= 4 is 0 Å². The van der Waals surface area contributed by atoms with Crippen LogP contribution >= 0.6 is 0 Å². The molecule has 2 atom stereocenters. The van der Waals surface area contributed by atoms with Gasteiger partial charge in [-0.2, -0.15) is 0 Å². The molecule has 3 heteroatoms. The lowest BCUT2D eigenvalue weighted by Gasteiger charge is -2.25. The Bertz CT molecular complexity index is 85.7. The van der Waals surface area contributed by atoms with Crippen molar-refractivity contribution < 1.29 is 10.2 Å². The van der Waals surface area contributed by atoms with Crippen LogP contribution in [-0.4, -0.2) is 47.5 Å². The molecule has 3 nitrogen and oxygen atoms in total. The average Bonchev–Trinajstić information content (AvgIpc) is 1.87. The minimum absolute atomic E-state index is 0.118. The van der Waals surface area contributed by atoms with E-state index in [-0.39, 0.29) is 18.8 Å². The van der Waals surface area contributed by atoms with Crippen molar-refractivity contribution in [1.29, 1.82) is 0 Å². The van der Waals surface area contributed by atoms with Crippen molar-refractivity contribution in [1.82, 2.24) is 4.90 Å². The zero-order valence-corrected chi connectivity index (χ0v) is 6.91. The van der Waals surface area contributed by atoms with E-state index in [0.29, 0.717) is 6.54 Å². The van der Waals surface area contributed by atoms with Crippen LogP contribution < -0.4 is 0 Å². The molecular formula is C7H17NO2. The lowest BCUT2D eigenvalue weighted by molar-refractivity contribution is 0.0759. The normalized spacial score (nSPS) is 17.4. The number of hydrogen-bond acceptors (Lipinski definition) is 3. The molecule has 2 unspecified atom stereocenters. The Labute approximate surface area is 62.3 Å².